The van der Waals surface area contributed by atoms with Crippen molar-refractivity contribution in [2.24, 2.45) is 0 Å². The number of hydrogen-bond donors (Lipinski definition) is 1. The maximum atomic E-state index is 9.52. The minimum absolute atomic E-state index is 0.442. The summed E-state index contributed by atoms with van der Waals surface area (Å²) in [6, 6.07) is 2.03. The molecule has 94 valence electrons. The van der Waals surface area contributed by atoms with Crippen LogP contribution in [0.3, 0.4) is 0 Å². The third-order valence-electron chi connectivity index (χ3n) is 3.36. The van der Waals surface area contributed by atoms with E-state index in [0.29, 0.717) is 0 Å². The van der Waals surface area contributed by atoms with Crippen LogP contribution in [-0.2, 0) is 0 Å². The standard InChI is InChI=1S/C13H21N3O/c1-10-8-12(11(2)17)9-14-13(10)16-6-4-15(3)5-7-16/h8-9,11,17H,4-7H2,1-3H3. The van der Waals surface area contributed by atoms with Crippen molar-refractivity contribution in [1.82, 2.24) is 9.88 Å². The fourth-order valence-corrected chi connectivity index (χ4v) is 2.17. The molecule has 2 heterocycles. The highest BCUT2D eigenvalue weighted by Gasteiger charge is 2.17. The van der Waals surface area contributed by atoms with Gasteiger partial charge >= 0.3 is 0 Å². The van der Waals surface area contributed by atoms with Crippen LogP contribution in [0.5, 0.6) is 0 Å². The van der Waals surface area contributed by atoms with Crippen LogP contribution >= 0.6 is 0 Å². The first-order valence-electron chi connectivity index (χ1n) is 6.16. The second kappa shape index (κ2) is 5.02. The molecule has 1 aliphatic heterocycles. The summed E-state index contributed by atoms with van der Waals surface area (Å²) in [6.45, 7) is 8.05. The molecule has 1 saturated heterocycles. The lowest BCUT2D eigenvalue weighted by Gasteiger charge is -2.34. The quantitative estimate of drug-likeness (QED) is 0.836. The molecule has 4 nitrogen and oxygen atoms in total. The lowest BCUT2D eigenvalue weighted by atomic mass is 10.1. The van der Waals surface area contributed by atoms with Gasteiger partial charge in [-0.3, -0.25) is 0 Å². The van der Waals surface area contributed by atoms with Gasteiger partial charge in [0.05, 0.1) is 6.10 Å². The molecule has 1 unspecified atom stereocenters. The Labute approximate surface area is 103 Å². The number of anilines is 1. The molecule has 1 aliphatic rings. The predicted octanol–water partition coefficient (Wildman–Crippen LogP) is 1.20. The van der Waals surface area contributed by atoms with Crippen LogP contribution in [0.4, 0.5) is 5.82 Å². The summed E-state index contributed by atoms with van der Waals surface area (Å²) in [4.78, 5) is 9.15. The molecule has 0 saturated carbocycles. The Hall–Kier alpha value is -1.13. The zero-order valence-electron chi connectivity index (χ0n) is 10.8. The van der Waals surface area contributed by atoms with E-state index in [4.69, 9.17) is 0 Å². The molecule has 1 fully saturated rings. The number of aryl methyl sites for hydroxylation is 1. The lowest BCUT2D eigenvalue weighted by molar-refractivity contribution is 0.199. The summed E-state index contributed by atoms with van der Waals surface area (Å²) < 4.78 is 0. The minimum Gasteiger partial charge on any atom is -0.389 e. The first-order chi connectivity index (χ1) is 8.08. The number of aliphatic hydroxyl groups is 1. The van der Waals surface area contributed by atoms with E-state index in [1.54, 1.807) is 13.1 Å². The number of aromatic nitrogens is 1. The van der Waals surface area contributed by atoms with Gasteiger partial charge in [-0.05, 0) is 38.1 Å². The third-order valence-corrected chi connectivity index (χ3v) is 3.36. The van der Waals surface area contributed by atoms with Crippen LogP contribution in [-0.4, -0.2) is 48.2 Å². The van der Waals surface area contributed by atoms with Gasteiger partial charge in [0.25, 0.3) is 0 Å². The smallest absolute Gasteiger partial charge is 0.131 e. The molecule has 0 radical (unpaired) electrons. The molecule has 0 spiro atoms. The highest BCUT2D eigenvalue weighted by atomic mass is 16.3. The summed E-state index contributed by atoms with van der Waals surface area (Å²) in [5.41, 5.74) is 2.04. The molecular formula is C13H21N3O. The van der Waals surface area contributed by atoms with Gasteiger partial charge in [-0.15, -0.1) is 0 Å². The van der Waals surface area contributed by atoms with Crippen molar-refractivity contribution in [1.29, 1.82) is 0 Å². The predicted molar refractivity (Wildman–Crippen MR) is 69.3 cm³/mol. The van der Waals surface area contributed by atoms with Crippen molar-refractivity contribution >= 4 is 5.82 Å². The summed E-state index contributed by atoms with van der Waals surface area (Å²) in [5, 5.41) is 9.52. The van der Waals surface area contributed by atoms with Gasteiger partial charge in [-0.2, -0.15) is 0 Å². The van der Waals surface area contributed by atoms with Crippen molar-refractivity contribution in [3.63, 3.8) is 0 Å². The van der Waals surface area contributed by atoms with E-state index in [-0.39, 0.29) is 0 Å². The molecule has 1 aromatic heterocycles. The van der Waals surface area contributed by atoms with Crippen LogP contribution in [0.25, 0.3) is 0 Å². The molecule has 1 N–H and O–H groups in total. The first kappa shape index (κ1) is 12.3. The summed E-state index contributed by atoms with van der Waals surface area (Å²) >= 11 is 0. The van der Waals surface area contributed by atoms with Crippen molar-refractivity contribution in [2.75, 3.05) is 38.1 Å². The molecular weight excluding hydrogens is 214 g/mol. The van der Waals surface area contributed by atoms with Crippen molar-refractivity contribution in [3.8, 4) is 0 Å². The van der Waals surface area contributed by atoms with Gasteiger partial charge < -0.3 is 14.9 Å². The third kappa shape index (κ3) is 2.76. The Kier molecular flexibility index (Phi) is 3.64. The number of likely N-dealkylation sites (N-methyl/N-ethyl adjacent to an activating group) is 1. The zero-order valence-corrected chi connectivity index (χ0v) is 10.8. The maximum Gasteiger partial charge on any atom is 0.131 e. The van der Waals surface area contributed by atoms with Crippen molar-refractivity contribution in [2.45, 2.75) is 20.0 Å². The largest absolute Gasteiger partial charge is 0.389 e. The molecule has 4 heteroatoms. The van der Waals surface area contributed by atoms with Crippen LogP contribution in [0.2, 0.25) is 0 Å². The average molecular weight is 235 g/mol. The van der Waals surface area contributed by atoms with E-state index in [2.05, 4.69) is 28.8 Å². The fraction of sp³-hybridized carbons (Fsp3) is 0.615. The Balaban J connectivity index is 2.16. The summed E-state index contributed by atoms with van der Waals surface area (Å²) in [6.07, 6.45) is 1.34. The van der Waals surface area contributed by atoms with Crippen LogP contribution in [0.1, 0.15) is 24.2 Å². The normalized spacial score (nSPS) is 19.4. The van der Waals surface area contributed by atoms with Gasteiger partial charge in [0.2, 0.25) is 0 Å². The van der Waals surface area contributed by atoms with E-state index in [1.165, 1.54) is 0 Å². The van der Waals surface area contributed by atoms with E-state index in [1.807, 2.05) is 6.07 Å². The van der Waals surface area contributed by atoms with Crippen molar-refractivity contribution < 1.29 is 5.11 Å². The Bertz CT molecular complexity index is 384. The van der Waals surface area contributed by atoms with Gasteiger partial charge in [0.1, 0.15) is 5.82 Å². The molecule has 17 heavy (non-hydrogen) atoms. The van der Waals surface area contributed by atoms with E-state index in [9.17, 15) is 5.11 Å². The zero-order chi connectivity index (χ0) is 12.4. The van der Waals surface area contributed by atoms with Gasteiger partial charge in [0.15, 0.2) is 0 Å². The number of hydrogen-bond acceptors (Lipinski definition) is 4. The first-order valence-corrected chi connectivity index (χ1v) is 6.16. The van der Waals surface area contributed by atoms with Crippen LogP contribution in [0.15, 0.2) is 12.3 Å². The summed E-state index contributed by atoms with van der Waals surface area (Å²) in [7, 11) is 2.15. The fourth-order valence-electron chi connectivity index (χ4n) is 2.17. The second-order valence-electron chi connectivity index (χ2n) is 4.88. The molecule has 1 atom stereocenters. The van der Waals surface area contributed by atoms with E-state index < -0.39 is 6.10 Å². The highest BCUT2D eigenvalue weighted by molar-refractivity contribution is 5.48. The Morgan fingerprint density at radius 2 is 1.94 bits per heavy atom. The number of piperazine rings is 1. The number of pyridine rings is 1. The van der Waals surface area contributed by atoms with E-state index >= 15 is 0 Å². The maximum absolute atomic E-state index is 9.52. The number of aliphatic hydroxyl groups excluding tert-OH is 1. The number of rotatable bonds is 2. The molecule has 1 aromatic rings. The highest BCUT2D eigenvalue weighted by Crippen LogP contribution is 2.21. The van der Waals surface area contributed by atoms with Crippen LogP contribution in [0, 0.1) is 6.92 Å². The second-order valence-corrected chi connectivity index (χ2v) is 4.88. The Morgan fingerprint density at radius 1 is 1.29 bits per heavy atom. The topological polar surface area (TPSA) is 39.6 Å². The number of nitrogens with zero attached hydrogens (tertiary/aromatic N) is 3. The SMILES string of the molecule is Cc1cc(C(C)O)cnc1N1CCN(C)CC1. The van der Waals surface area contributed by atoms with Crippen molar-refractivity contribution in [3.05, 3.63) is 23.4 Å². The molecule has 2 rings (SSSR count). The van der Waals surface area contributed by atoms with Gasteiger partial charge in [0, 0.05) is 32.4 Å². The lowest BCUT2D eigenvalue weighted by Crippen LogP contribution is -2.45. The average Bonchev–Trinajstić information content (AvgIpc) is 2.30. The van der Waals surface area contributed by atoms with E-state index in [0.717, 1.165) is 43.1 Å². The minimum atomic E-state index is -0.442. The Morgan fingerprint density at radius 3 is 2.47 bits per heavy atom. The van der Waals surface area contributed by atoms with Gasteiger partial charge in [-0.25, -0.2) is 4.98 Å². The van der Waals surface area contributed by atoms with Gasteiger partial charge in [-0.1, -0.05) is 0 Å². The molecule has 0 amide bonds. The van der Waals surface area contributed by atoms with Crippen LogP contribution < -0.4 is 4.90 Å². The molecule has 0 aromatic carbocycles. The molecule has 0 aliphatic carbocycles. The summed E-state index contributed by atoms with van der Waals surface area (Å²) in [5.74, 6) is 1.06. The monoisotopic (exact) mass is 235 g/mol. The molecule has 0 bridgehead atoms.